The Morgan fingerprint density at radius 3 is 1.33 bits per heavy atom. The van der Waals surface area contributed by atoms with E-state index in [0.29, 0.717) is 5.69 Å². The van der Waals surface area contributed by atoms with Crippen LogP contribution in [0.4, 0.5) is 5.69 Å². The van der Waals surface area contributed by atoms with Crippen LogP contribution in [-0.4, -0.2) is 57.1 Å². The van der Waals surface area contributed by atoms with Gasteiger partial charge < -0.3 is 56.1 Å². The number of carboxylic acid groups (broad SMARTS) is 3. The molecule has 5 heterocycles. The second-order valence-electron chi connectivity index (χ2n) is 26.8. The molecule has 21 heteroatoms. The van der Waals surface area contributed by atoms with Gasteiger partial charge in [0, 0.05) is 74.1 Å². The van der Waals surface area contributed by atoms with Crippen molar-refractivity contribution in [2.75, 3.05) is 13.7 Å². The number of aryl methyl sites for hydroxylation is 3. The first-order valence-electron chi connectivity index (χ1n) is 39.6. The zero-order valence-corrected chi connectivity index (χ0v) is 87.7. The number of aromatic hydroxyl groups is 1. The standard InChI is InChI=1S/C15H10P.C14H12S2.C13H10P.C13H8P.C13H12P.C12H8.C11H8P.C8H8NO2.C7H6O3.C2H4O3.5Pt/c1-2-6-12(7-3-1)15-10-13-8-4-5-9-14(13)11-16-15;15-13(11-7-3-1-4-8-11)14(16)12-9-5-2-6-10-12;2*1-2-6-12-10(4-1)7-8-11-5-3-9-14-13(11)12;1-2-11-7-3-4-8-12(11)13-9-5-6-10-14-13;1-3-7-11(8-4-1)12-9-5-2-6-10-12;1-2-6-10(7-3-1)11-8-4-5-9-12-11;1-9-7-5-3-2-4-6(7)8(10)11;8-6-4-2-1-3-5(6)7(9)10;3-1-2(4)5;;;;;/h1-6,8-11H;1-10,15-16H;1-5,9H,7-8H2;1-5,7-9H;3-7,9-10H,2H2,1H3;1-7,9H;1-6,8-9H;2-5H,1H3,(H,10,11);1-4,8H,(H,9,10);3H,1H2,(H,4,5);;;;;/q-1;;3*-1;-2;2*-1;;;;;;2*+2/p+3. The molecular formula is C108H89NO8P5Pt5S2-. The number of aromatic carboxylic acids is 2. The first-order chi connectivity index (χ1) is 60.7. The van der Waals surface area contributed by atoms with Crippen LogP contribution < -0.4 is 0 Å². The van der Waals surface area contributed by atoms with Gasteiger partial charge in [0.1, 0.15) is 46.9 Å². The van der Waals surface area contributed by atoms with Gasteiger partial charge >= 0.3 is 60.0 Å². The third-order valence-electron chi connectivity index (χ3n) is 18.6. The summed E-state index contributed by atoms with van der Waals surface area (Å²) >= 11 is 10.8. The number of para-hydroxylation sites is 2. The molecule has 0 saturated carbocycles. The van der Waals surface area contributed by atoms with Gasteiger partial charge in [-0.3, -0.25) is 0 Å². The Morgan fingerprint density at radius 2 is 0.806 bits per heavy atom. The van der Waals surface area contributed by atoms with Gasteiger partial charge in [0.2, 0.25) is 0 Å². The maximum atomic E-state index is 10.5. The molecule has 0 saturated heterocycles. The second kappa shape index (κ2) is 61.9. The van der Waals surface area contributed by atoms with E-state index in [-0.39, 0.29) is 122 Å². The molecule has 5 aromatic heterocycles. The van der Waals surface area contributed by atoms with E-state index in [1.807, 2.05) is 158 Å². The van der Waals surface area contributed by atoms with Gasteiger partial charge in [0.05, 0.1) is 67.3 Å². The van der Waals surface area contributed by atoms with Crippen molar-refractivity contribution in [3.63, 3.8) is 0 Å². The van der Waals surface area contributed by atoms with E-state index in [9.17, 15) is 9.59 Å². The minimum absolute atomic E-state index is 0. The molecule has 1 aliphatic carbocycles. The van der Waals surface area contributed by atoms with Crippen molar-refractivity contribution >= 4 is 132 Å². The number of aliphatic carboxylic acids is 1. The normalized spacial score (nSPS) is 10.4. The molecule has 13 aromatic carbocycles. The molecular weight excluding hydrogens is 2630 g/mol. The predicted octanol–water partition coefficient (Wildman–Crippen LogP) is 28.5. The van der Waals surface area contributed by atoms with Gasteiger partial charge in [0.25, 0.3) is 0 Å². The molecule has 18 aromatic rings. The minimum Gasteiger partial charge on any atom is -0.781 e. The summed E-state index contributed by atoms with van der Waals surface area (Å²) in [5, 5.41) is 58.5. The molecule has 19 rings (SSSR count). The minimum atomic E-state index is -1.19. The molecule has 5 N–H and O–H groups in total. The first kappa shape index (κ1) is 110. The summed E-state index contributed by atoms with van der Waals surface area (Å²) in [4.78, 5) is 31.4. The quantitative estimate of drug-likeness (QED) is 0.0364. The number of rotatable bonds is 11. The fraction of sp³-hybridized carbons (Fsp3) is 0.0556. The zero-order chi connectivity index (χ0) is 87.3. The Balaban J connectivity index is 0.000000255. The van der Waals surface area contributed by atoms with Crippen LogP contribution in [0.25, 0.3) is 102 Å². The largest absolute Gasteiger partial charge is 2.00 e. The van der Waals surface area contributed by atoms with Crippen molar-refractivity contribution in [2.45, 2.75) is 26.2 Å². The summed E-state index contributed by atoms with van der Waals surface area (Å²) in [6.45, 7) is 1.42. The SMILES string of the molecule is CCc1ccc[c-]c1-c1cccc[pH+]1.C[N-]c1ccccc1C(=O)O.O=C(O)CO.O=C(O)c1ccccc1O.[Pt+2].[Pt+2].[Pt].[Pt].[Pt].[S-]C(=C([S-])c1ccccc1)c1ccccc1.[c-]1cccc2c1-c1[pH+]cccc1CC2.[c-]1cccc2ccc3ccc[pH+]c3c12.[c-]1ccccc1-c1[c-]cccc1.[c-]1ccccc1-c1cc2ccccc2c[pH+]1.[c-]1ccccc1-c1cccc[pH+]1. The number of carbonyl (C=O) groups is 3. The Bertz CT molecular complexity index is 6020. The number of aliphatic hydroxyl groups is 1. The molecule has 0 spiro atoms. The third kappa shape index (κ3) is 35.9. The number of fused-ring (bicyclic) bond motifs is 7. The van der Waals surface area contributed by atoms with Crippen LogP contribution in [0.1, 0.15) is 55.5 Å². The summed E-state index contributed by atoms with van der Waals surface area (Å²) in [5.41, 5.74) is 14.4. The Kier molecular flexibility index (Phi) is 52.8. The number of phenols is 1. The van der Waals surface area contributed by atoms with Gasteiger partial charge in [-0.25, -0.2) is 25.5 Å². The molecule has 1 aliphatic rings. The first-order valence-corrected chi connectivity index (χ1v) is 45.8. The Hall–Kier alpha value is -9.52. The van der Waals surface area contributed by atoms with Gasteiger partial charge in [-0.05, 0) is 82.4 Å². The maximum Gasteiger partial charge on any atom is 2.00 e. The van der Waals surface area contributed by atoms with Crippen LogP contribution in [0, 0.1) is 42.5 Å². The molecule has 0 aliphatic heterocycles. The third-order valence-corrected chi connectivity index (χ3v) is 25.4. The van der Waals surface area contributed by atoms with Gasteiger partial charge in [-0.15, -0.1) is 186 Å². The molecule has 0 radical (unpaired) electrons. The van der Waals surface area contributed by atoms with Crippen LogP contribution in [0.2, 0.25) is 0 Å². The molecule has 5 unspecified atom stereocenters. The predicted molar refractivity (Wildman–Crippen MR) is 533 cm³/mol. The van der Waals surface area contributed by atoms with Crippen LogP contribution in [0.3, 0.4) is 0 Å². The van der Waals surface area contributed by atoms with Gasteiger partial charge in [0.15, 0.2) is 0 Å². The van der Waals surface area contributed by atoms with Crippen LogP contribution in [0.5, 0.6) is 5.75 Å². The second-order valence-corrected chi connectivity index (χ2v) is 33.3. The molecule has 5 atom stereocenters. The molecule has 0 amide bonds. The van der Waals surface area contributed by atoms with E-state index in [1.165, 1.54) is 123 Å². The Labute approximate surface area is 847 Å². The number of nitrogens with zero attached hydrogens (tertiary/aromatic N) is 1. The molecule has 0 fully saturated rings. The number of hydrogen-bond acceptors (Lipinski definition) is 7. The van der Waals surface area contributed by atoms with Crippen molar-refractivity contribution in [3.05, 3.63) is 480 Å². The van der Waals surface area contributed by atoms with E-state index >= 15 is 0 Å². The summed E-state index contributed by atoms with van der Waals surface area (Å²) < 4.78 is 0. The summed E-state index contributed by atoms with van der Waals surface area (Å²) in [6, 6.07) is 143. The van der Waals surface area contributed by atoms with E-state index in [2.05, 4.69) is 241 Å². The summed E-state index contributed by atoms with van der Waals surface area (Å²) in [6.07, 6.45) is 3.47. The molecule has 129 heavy (non-hydrogen) atoms. The average molecular weight is 2720 g/mol. The summed E-state index contributed by atoms with van der Waals surface area (Å²) in [5.74, 6) is 7.76. The summed E-state index contributed by atoms with van der Waals surface area (Å²) in [7, 11) is 5.51. The van der Waals surface area contributed by atoms with E-state index in [4.69, 9.17) is 55.6 Å². The zero-order valence-electron chi connectivity index (χ0n) is 69.7. The molecule has 662 valence electrons. The molecule has 9 nitrogen and oxygen atoms in total. The maximum absolute atomic E-state index is 10.5. The number of hydrogen-bond donors (Lipinski definition) is 5. The average Bonchev–Trinajstić information content (AvgIpc) is 0.800. The van der Waals surface area contributed by atoms with Crippen LogP contribution in [-0.2, 0) is 155 Å². The van der Waals surface area contributed by atoms with Gasteiger partial charge in [-0.1, -0.05) is 200 Å². The van der Waals surface area contributed by atoms with Gasteiger partial charge in [-0.2, -0.15) is 58.3 Å². The topological polar surface area (TPSA) is 166 Å². The number of benzene rings is 13. The fourth-order valence-corrected chi connectivity index (χ4v) is 18.1. The van der Waals surface area contributed by atoms with E-state index < -0.39 is 24.5 Å². The smallest absolute Gasteiger partial charge is 0.781 e. The van der Waals surface area contributed by atoms with E-state index in [1.54, 1.807) is 37.4 Å². The Morgan fingerprint density at radius 1 is 0.380 bits per heavy atom. The van der Waals surface area contributed by atoms with Crippen molar-refractivity contribution in [1.82, 2.24) is 0 Å². The van der Waals surface area contributed by atoms with Crippen molar-refractivity contribution < 1.29 is 145 Å². The van der Waals surface area contributed by atoms with Crippen molar-refractivity contribution in [3.8, 4) is 60.3 Å². The number of aliphatic hydroxyl groups excluding tert-OH is 1. The monoisotopic (exact) mass is 2720 g/mol. The van der Waals surface area contributed by atoms with Crippen LogP contribution in [0.15, 0.2) is 393 Å². The number of carboxylic acids is 3. The fourth-order valence-electron chi connectivity index (χ4n) is 12.5. The van der Waals surface area contributed by atoms with Crippen molar-refractivity contribution in [2.24, 2.45) is 0 Å². The van der Waals surface area contributed by atoms with Crippen LogP contribution >= 0.6 is 41.0 Å². The van der Waals surface area contributed by atoms with E-state index in [0.717, 1.165) is 79.4 Å². The van der Waals surface area contributed by atoms with Crippen molar-refractivity contribution in [1.29, 1.82) is 0 Å². The molecule has 0 bridgehead atoms.